The zero-order valence-corrected chi connectivity index (χ0v) is 9.78. The quantitative estimate of drug-likeness (QED) is 0.717. The number of nitrogens with zero attached hydrogens (tertiary/aromatic N) is 3. The minimum Gasteiger partial charge on any atom is -0.480 e. The first-order chi connectivity index (χ1) is 9.08. The maximum atomic E-state index is 12.2. The molecule has 1 heterocycles. The molecule has 0 saturated carbocycles. The highest BCUT2D eigenvalue weighted by Crippen LogP contribution is 2.15. The van der Waals surface area contributed by atoms with Crippen LogP contribution < -0.4 is 10.6 Å². The van der Waals surface area contributed by atoms with Crippen molar-refractivity contribution in [3.63, 3.8) is 0 Å². The van der Waals surface area contributed by atoms with Crippen molar-refractivity contribution in [2.75, 3.05) is 17.2 Å². The van der Waals surface area contributed by atoms with Crippen LogP contribution >= 0.6 is 0 Å². The molecule has 4 N–H and O–H groups in total. The number of aromatic nitrogens is 3. The van der Waals surface area contributed by atoms with E-state index in [9.17, 15) is 9.59 Å². The van der Waals surface area contributed by atoms with Gasteiger partial charge in [0.25, 0.3) is 5.91 Å². The van der Waals surface area contributed by atoms with Gasteiger partial charge >= 0.3 is 5.97 Å². The SMILES string of the molecule is Nc1n[nH]c(C(=O)N(CC(=O)O)c2ccccc2)n1. The number of hydrogen-bond donors (Lipinski definition) is 3. The number of nitrogen functional groups attached to an aromatic ring is 1. The number of nitrogens with two attached hydrogens (primary N) is 1. The molecule has 1 amide bonds. The first-order valence-corrected chi connectivity index (χ1v) is 5.34. The van der Waals surface area contributed by atoms with E-state index in [4.69, 9.17) is 10.8 Å². The minimum atomic E-state index is -1.13. The van der Waals surface area contributed by atoms with E-state index in [1.807, 2.05) is 0 Å². The first kappa shape index (κ1) is 12.6. The number of anilines is 2. The van der Waals surface area contributed by atoms with Gasteiger partial charge < -0.3 is 10.8 Å². The fourth-order valence-corrected chi connectivity index (χ4v) is 1.52. The zero-order valence-electron chi connectivity index (χ0n) is 9.78. The van der Waals surface area contributed by atoms with Crippen LogP contribution in [0.15, 0.2) is 30.3 Å². The van der Waals surface area contributed by atoms with Gasteiger partial charge in [-0.15, -0.1) is 5.10 Å². The molecule has 0 atom stereocenters. The molecule has 0 bridgehead atoms. The summed E-state index contributed by atoms with van der Waals surface area (Å²) in [5, 5.41) is 14.8. The lowest BCUT2D eigenvalue weighted by Gasteiger charge is -2.19. The van der Waals surface area contributed by atoms with E-state index in [1.54, 1.807) is 30.3 Å². The van der Waals surface area contributed by atoms with Gasteiger partial charge in [0.05, 0.1) is 0 Å². The number of aromatic amines is 1. The molecule has 8 heteroatoms. The van der Waals surface area contributed by atoms with Crippen LogP contribution in [0.25, 0.3) is 0 Å². The summed E-state index contributed by atoms with van der Waals surface area (Å²) in [5.74, 6) is -1.93. The number of aliphatic carboxylic acids is 1. The highest BCUT2D eigenvalue weighted by atomic mass is 16.4. The number of carbonyl (C=O) groups excluding carboxylic acids is 1. The Bertz CT molecular complexity index is 595. The summed E-state index contributed by atoms with van der Waals surface area (Å²) in [7, 11) is 0. The summed E-state index contributed by atoms with van der Waals surface area (Å²) in [6.07, 6.45) is 0. The summed E-state index contributed by atoms with van der Waals surface area (Å²) in [6, 6.07) is 8.42. The second kappa shape index (κ2) is 5.17. The van der Waals surface area contributed by atoms with E-state index in [2.05, 4.69) is 15.2 Å². The highest BCUT2D eigenvalue weighted by molar-refractivity contribution is 6.06. The van der Waals surface area contributed by atoms with Crippen molar-refractivity contribution in [2.24, 2.45) is 0 Å². The summed E-state index contributed by atoms with van der Waals surface area (Å²) >= 11 is 0. The molecule has 8 nitrogen and oxygen atoms in total. The van der Waals surface area contributed by atoms with Crippen molar-refractivity contribution in [1.29, 1.82) is 0 Å². The summed E-state index contributed by atoms with van der Waals surface area (Å²) < 4.78 is 0. The number of carboxylic acids is 1. The number of amides is 1. The number of carboxylic acid groups (broad SMARTS) is 1. The minimum absolute atomic E-state index is 0.0771. The van der Waals surface area contributed by atoms with E-state index in [1.165, 1.54) is 0 Å². The van der Waals surface area contributed by atoms with Gasteiger partial charge in [0, 0.05) is 5.69 Å². The molecule has 0 unspecified atom stereocenters. The molecule has 2 rings (SSSR count). The van der Waals surface area contributed by atoms with E-state index in [0.29, 0.717) is 5.69 Å². The van der Waals surface area contributed by atoms with Crippen molar-refractivity contribution in [1.82, 2.24) is 15.2 Å². The van der Waals surface area contributed by atoms with Gasteiger partial charge in [-0.2, -0.15) is 4.98 Å². The molecule has 0 saturated heterocycles. The maximum absolute atomic E-state index is 12.2. The largest absolute Gasteiger partial charge is 0.480 e. The Kier molecular flexibility index (Phi) is 3.42. The average molecular weight is 261 g/mol. The summed E-state index contributed by atoms with van der Waals surface area (Å²) in [5.41, 5.74) is 5.76. The molecular formula is C11H11N5O3. The van der Waals surface area contributed by atoms with Crippen molar-refractivity contribution < 1.29 is 14.7 Å². The third kappa shape index (κ3) is 2.86. The predicted octanol–water partition coefficient (Wildman–Crippen LogP) is 0.118. The van der Waals surface area contributed by atoms with Crippen molar-refractivity contribution in [3.05, 3.63) is 36.2 Å². The van der Waals surface area contributed by atoms with Crippen LogP contribution in [0.1, 0.15) is 10.6 Å². The standard InChI is InChI=1S/C11H11N5O3/c12-11-13-9(14-15-11)10(19)16(6-8(17)18)7-4-2-1-3-5-7/h1-5H,6H2,(H,17,18)(H3,12,13,14,15). The van der Waals surface area contributed by atoms with Crippen molar-refractivity contribution >= 4 is 23.5 Å². The molecular weight excluding hydrogens is 250 g/mol. The van der Waals surface area contributed by atoms with Crippen LogP contribution in [0.4, 0.5) is 11.6 Å². The topological polar surface area (TPSA) is 125 Å². The summed E-state index contributed by atoms with van der Waals surface area (Å²) in [6.45, 7) is -0.483. The average Bonchev–Trinajstić information content (AvgIpc) is 2.83. The predicted molar refractivity (Wildman–Crippen MR) is 66.5 cm³/mol. The Morgan fingerprint density at radius 2 is 2.00 bits per heavy atom. The van der Waals surface area contributed by atoms with E-state index >= 15 is 0 Å². The summed E-state index contributed by atoms with van der Waals surface area (Å²) in [4.78, 5) is 27.8. The fraction of sp³-hybridized carbons (Fsp3) is 0.0909. The van der Waals surface area contributed by atoms with Gasteiger partial charge in [-0.3, -0.25) is 19.6 Å². The van der Waals surface area contributed by atoms with Crippen molar-refractivity contribution in [2.45, 2.75) is 0 Å². The van der Waals surface area contributed by atoms with Crippen LogP contribution in [-0.4, -0.2) is 38.7 Å². The van der Waals surface area contributed by atoms with Gasteiger partial charge in [-0.1, -0.05) is 18.2 Å². The molecule has 0 spiro atoms. The Balaban J connectivity index is 2.33. The molecule has 1 aromatic heterocycles. The fourth-order valence-electron chi connectivity index (χ4n) is 1.52. The number of H-pyrrole nitrogens is 1. The number of carbonyl (C=O) groups is 2. The lowest BCUT2D eigenvalue weighted by atomic mass is 10.2. The number of hydrogen-bond acceptors (Lipinski definition) is 5. The highest BCUT2D eigenvalue weighted by Gasteiger charge is 2.23. The van der Waals surface area contributed by atoms with E-state index in [0.717, 1.165) is 4.90 Å². The maximum Gasteiger partial charge on any atom is 0.323 e. The molecule has 0 aliphatic rings. The molecule has 0 aliphatic heterocycles. The Labute approximate surface area is 107 Å². The molecule has 1 aromatic carbocycles. The lowest BCUT2D eigenvalue weighted by Crippen LogP contribution is -2.36. The van der Waals surface area contributed by atoms with Crippen molar-refractivity contribution in [3.8, 4) is 0 Å². The number of rotatable bonds is 4. The van der Waals surface area contributed by atoms with Crippen LogP contribution in [0.2, 0.25) is 0 Å². The third-order valence-electron chi connectivity index (χ3n) is 2.31. The molecule has 2 aromatic rings. The molecule has 98 valence electrons. The van der Waals surface area contributed by atoms with Crippen LogP contribution in [0.5, 0.6) is 0 Å². The smallest absolute Gasteiger partial charge is 0.323 e. The molecule has 0 fully saturated rings. The second-order valence-corrected chi connectivity index (χ2v) is 3.66. The van der Waals surface area contributed by atoms with Gasteiger partial charge in [0.1, 0.15) is 6.54 Å². The Morgan fingerprint density at radius 3 is 2.53 bits per heavy atom. The lowest BCUT2D eigenvalue weighted by molar-refractivity contribution is -0.135. The Hall–Kier alpha value is -2.90. The van der Waals surface area contributed by atoms with E-state index < -0.39 is 18.4 Å². The second-order valence-electron chi connectivity index (χ2n) is 3.66. The van der Waals surface area contributed by atoms with Crippen LogP contribution in [0.3, 0.4) is 0 Å². The van der Waals surface area contributed by atoms with Gasteiger partial charge in [-0.05, 0) is 12.1 Å². The van der Waals surface area contributed by atoms with Gasteiger partial charge in [-0.25, -0.2) is 0 Å². The van der Waals surface area contributed by atoms with Gasteiger partial charge in [0.15, 0.2) is 0 Å². The van der Waals surface area contributed by atoms with Crippen LogP contribution in [-0.2, 0) is 4.79 Å². The van der Waals surface area contributed by atoms with E-state index in [-0.39, 0.29) is 11.8 Å². The first-order valence-electron chi connectivity index (χ1n) is 5.34. The number of benzene rings is 1. The molecule has 19 heavy (non-hydrogen) atoms. The number of nitrogens with one attached hydrogen (secondary N) is 1. The normalized spacial score (nSPS) is 10.1. The third-order valence-corrected chi connectivity index (χ3v) is 2.31. The van der Waals surface area contributed by atoms with Crippen LogP contribution in [0, 0.1) is 0 Å². The molecule has 0 aliphatic carbocycles. The molecule has 0 radical (unpaired) electrons. The Morgan fingerprint density at radius 1 is 1.32 bits per heavy atom. The zero-order chi connectivity index (χ0) is 13.8. The monoisotopic (exact) mass is 261 g/mol. The van der Waals surface area contributed by atoms with Gasteiger partial charge in [0.2, 0.25) is 11.8 Å². The number of para-hydroxylation sites is 1.